The van der Waals surface area contributed by atoms with Crippen LogP contribution in [0.2, 0.25) is 0 Å². The molecule has 0 N–H and O–H groups in total. The zero-order chi connectivity index (χ0) is 13.0. The van der Waals surface area contributed by atoms with Gasteiger partial charge in [-0.2, -0.15) is 0 Å². The highest BCUT2D eigenvalue weighted by molar-refractivity contribution is 5.27. The molecule has 0 radical (unpaired) electrons. The molecule has 0 aliphatic carbocycles. The predicted molar refractivity (Wildman–Crippen MR) is 78.4 cm³/mol. The fourth-order valence-electron chi connectivity index (χ4n) is 2.67. The Labute approximate surface area is 112 Å². The molecule has 100 valence electrons. The summed E-state index contributed by atoms with van der Waals surface area (Å²) in [5.41, 5.74) is 1.46. The molecule has 2 heteroatoms. The normalized spacial score (nSPS) is 26.1. The van der Waals surface area contributed by atoms with Gasteiger partial charge < -0.3 is 4.90 Å². The molecule has 0 saturated carbocycles. The van der Waals surface area contributed by atoms with E-state index in [-0.39, 0.29) is 0 Å². The second kappa shape index (κ2) is 6.24. The van der Waals surface area contributed by atoms with Gasteiger partial charge >= 0.3 is 0 Å². The van der Waals surface area contributed by atoms with Crippen molar-refractivity contribution in [3.63, 3.8) is 0 Å². The number of allylic oxidation sites excluding steroid dienone is 1. The maximum Gasteiger partial charge on any atom is 0.0204 e. The lowest BCUT2D eigenvalue weighted by atomic mass is 9.98. The van der Waals surface area contributed by atoms with E-state index in [4.69, 9.17) is 0 Å². The first kappa shape index (κ1) is 13.4. The fraction of sp³-hybridized carbons (Fsp3) is 0.625. The maximum atomic E-state index is 2.59. The molecule has 0 saturated heterocycles. The van der Waals surface area contributed by atoms with Crippen LogP contribution < -0.4 is 0 Å². The average molecular weight is 246 g/mol. The Morgan fingerprint density at radius 2 is 1.94 bits per heavy atom. The summed E-state index contributed by atoms with van der Waals surface area (Å²) in [5.74, 6) is 0.548. The molecule has 0 aromatic heterocycles. The third-order valence-electron chi connectivity index (χ3n) is 3.87. The van der Waals surface area contributed by atoms with Gasteiger partial charge in [0, 0.05) is 44.8 Å². The van der Waals surface area contributed by atoms with Crippen molar-refractivity contribution in [1.82, 2.24) is 9.80 Å². The smallest absolute Gasteiger partial charge is 0.0204 e. The van der Waals surface area contributed by atoms with Gasteiger partial charge in [0.2, 0.25) is 0 Å². The molecule has 0 amide bonds. The van der Waals surface area contributed by atoms with E-state index in [1.54, 1.807) is 0 Å². The summed E-state index contributed by atoms with van der Waals surface area (Å²) < 4.78 is 0. The molecule has 0 aromatic carbocycles. The van der Waals surface area contributed by atoms with E-state index in [1.807, 2.05) is 0 Å². The van der Waals surface area contributed by atoms with Crippen molar-refractivity contribution in [3.8, 4) is 0 Å². The first-order valence-electron chi connectivity index (χ1n) is 7.16. The summed E-state index contributed by atoms with van der Waals surface area (Å²) in [7, 11) is 2.17. The molecular weight excluding hydrogens is 220 g/mol. The fourth-order valence-corrected chi connectivity index (χ4v) is 2.67. The Balaban J connectivity index is 2.14. The molecule has 0 fully saturated rings. The van der Waals surface area contributed by atoms with Crippen LogP contribution in [0.5, 0.6) is 0 Å². The van der Waals surface area contributed by atoms with Crippen LogP contribution in [0.25, 0.3) is 0 Å². The van der Waals surface area contributed by atoms with E-state index >= 15 is 0 Å². The van der Waals surface area contributed by atoms with Crippen LogP contribution >= 0.6 is 0 Å². The van der Waals surface area contributed by atoms with Crippen molar-refractivity contribution in [2.24, 2.45) is 5.92 Å². The zero-order valence-corrected chi connectivity index (χ0v) is 12.0. The summed E-state index contributed by atoms with van der Waals surface area (Å²) in [6.07, 6.45) is 14.0. The Hall–Kier alpha value is -1.02. The minimum atomic E-state index is 0.548. The minimum Gasteiger partial charge on any atom is -0.380 e. The average Bonchev–Trinajstić information content (AvgIpc) is 2.68. The van der Waals surface area contributed by atoms with Crippen LogP contribution in [0, 0.1) is 5.92 Å². The van der Waals surface area contributed by atoms with E-state index in [0.29, 0.717) is 12.0 Å². The van der Waals surface area contributed by atoms with E-state index in [0.717, 1.165) is 19.5 Å². The largest absolute Gasteiger partial charge is 0.380 e. The highest BCUT2D eigenvalue weighted by Gasteiger charge is 2.19. The summed E-state index contributed by atoms with van der Waals surface area (Å²) in [6, 6.07) is 0.639. The first-order valence-corrected chi connectivity index (χ1v) is 7.16. The topological polar surface area (TPSA) is 6.48 Å². The monoisotopic (exact) mass is 246 g/mol. The van der Waals surface area contributed by atoms with Crippen molar-refractivity contribution in [2.75, 3.05) is 26.7 Å². The lowest BCUT2D eigenvalue weighted by Gasteiger charge is -2.28. The van der Waals surface area contributed by atoms with Crippen LogP contribution in [0.15, 0.2) is 36.1 Å². The standard InChI is InChI=1S/C16H26N2/c1-14(2)18-11-7-5-9-16(13-18)15-8-4-6-10-17(3)12-15/h4-5,8-9,12,14,16H,6-7,10-11,13H2,1-3H3. The van der Waals surface area contributed by atoms with Crippen LogP contribution in [0.1, 0.15) is 26.7 Å². The molecule has 18 heavy (non-hydrogen) atoms. The molecular formula is C16H26N2. The van der Waals surface area contributed by atoms with Crippen LogP contribution in [0.3, 0.4) is 0 Å². The second-order valence-electron chi connectivity index (χ2n) is 5.71. The molecule has 2 nitrogen and oxygen atoms in total. The molecule has 1 atom stereocenters. The van der Waals surface area contributed by atoms with E-state index < -0.39 is 0 Å². The summed E-state index contributed by atoms with van der Waals surface area (Å²) >= 11 is 0. The van der Waals surface area contributed by atoms with Gasteiger partial charge in [-0.15, -0.1) is 0 Å². The van der Waals surface area contributed by atoms with Crippen molar-refractivity contribution < 1.29 is 0 Å². The quantitative estimate of drug-likeness (QED) is 0.691. The van der Waals surface area contributed by atoms with E-state index in [1.165, 1.54) is 18.5 Å². The molecule has 2 heterocycles. The van der Waals surface area contributed by atoms with Crippen LogP contribution in [-0.2, 0) is 0 Å². The Morgan fingerprint density at radius 3 is 2.72 bits per heavy atom. The van der Waals surface area contributed by atoms with Gasteiger partial charge in [-0.05, 0) is 32.3 Å². The molecule has 1 unspecified atom stereocenters. The Kier molecular flexibility index (Phi) is 4.65. The highest BCUT2D eigenvalue weighted by atomic mass is 15.1. The lowest BCUT2D eigenvalue weighted by Crippen LogP contribution is -2.35. The van der Waals surface area contributed by atoms with Gasteiger partial charge in [0.15, 0.2) is 0 Å². The summed E-state index contributed by atoms with van der Waals surface area (Å²) in [4.78, 5) is 4.90. The van der Waals surface area contributed by atoms with Gasteiger partial charge in [0.05, 0.1) is 0 Å². The lowest BCUT2D eigenvalue weighted by molar-refractivity contribution is 0.218. The highest BCUT2D eigenvalue weighted by Crippen LogP contribution is 2.22. The minimum absolute atomic E-state index is 0.548. The molecule has 0 bridgehead atoms. The third-order valence-corrected chi connectivity index (χ3v) is 3.87. The van der Waals surface area contributed by atoms with Crippen molar-refractivity contribution in [1.29, 1.82) is 0 Å². The zero-order valence-electron chi connectivity index (χ0n) is 12.0. The Morgan fingerprint density at radius 1 is 1.17 bits per heavy atom. The third kappa shape index (κ3) is 3.49. The summed E-state index contributed by atoms with van der Waals surface area (Å²) in [6.45, 7) is 8.07. The van der Waals surface area contributed by atoms with Crippen molar-refractivity contribution >= 4 is 0 Å². The summed E-state index contributed by atoms with van der Waals surface area (Å²) in [5, 5.41) is 0. The maximum absolute atomic E-state index is 2.59. The first-order chi connectivity index (χ1) is 8.66. The number of hydrogen-bond acceptors (Lipinski definition) is 2. The van der Waals surface area contributed by atoms with Gasteiger partial charge in [0.25, 0.3) is 0 Å². The van der Waals surface area contributed by atoms with Crippen molar-refractivity contribution in [3.05, 3.63) is 36.1 Å². The number of hydrogen-bond donors (Lipinski definition) is 0. The van der Waals surface area contributed by atoms with Crippen LogP contribution in [0.4, 0.5) is 0 Å². The van der Waals surface area contributed by atoms with Gasteiger partial charge in [-0.1, -0.05) is 24.3 Å². The molecule has 2 aliphatic rings. The second-order valence-corrected chi connectivity index (χ2v) is 5.71. The number of rotatable bonds is 2. The van der Waals surface area contributed by atoms with E-state index in [9.17, 15) is 0 Å². The predicted octanol–water partition coefficient (Wildman–Crippen LogP) is 3.05. The molecule has 0 spiro atoms. The molecule has 2 aliphatic heterocycles. The SMILES string of the molecule is CC(C)N1CCC=CC(C2=CN(C)CCC=C2)C1. The Bertz CT molecular complexity index is 352. The van der Waals surface area contributed by atoms with Gasteiger partial charge in [-0.25, -0.2) is 0 Å². The number of nitrogens with zero attached hydrogens (tertiary/aromatic N) is 2. The van der Waals surface area contributed by atoms with Gasteiger partial charge in [0.1, 0.15) is 0 Å². The van der Waals surface area contributed by atoms with Crippen molar-refractivity contribution in [2.45, 2.75) is 32.7 Å². The molecule has 0 aromatic rings. The van der Waals surface area contributed by atoms with Gasteiger partial charge in [-0.3, -0.25) is 4.90 Å². The van der Waals surface area contributed by atoms with Crippen LogP contribution in [-0.4, -0.2) is 42.5 Å². The molecule has 2 rings (SSSR count). The van der Waals surface area contributed by atoms with E-state index in [2.05, 4.69) is 61.2 Å².